The van der Waals surface area contributed by atoms with Crippen LogP contribution in [0, 0.1) is 17.8 Å². The molecule has 6 rings (SSSR count). The molecule has 0 radical (unpaired) electrons. The third kappa shape index (κ3) is 3.29. The second-order valence-electron chi connectivity index (χ2n) is 7.97. The van der Waals surface area contributed by atoms with Crippen molar-refractivity contribution < 1.29 is 5.11 Å². The second kappa shape index (κ2) is 7.72. The van der Waals surface area contributed by atoms with Gasteiger partial charge in [-0.3, -0.25) is 0 Å². The molecule has 26 heavy (non-hydrogen) atoms. The summed E-state index contributed by atoms with van der Waals surface area (Å²) in [6.45, 7) is 0.491. The molecule has 146 valence electrons. The predicted octanol–water partition coefficient (Wildman–Crippen LogP) is 3.64. The number of aromatic amines is 1. The van der Waals surface area contributed by atoms with Crippen LogP contribution in [0.4, 0.5) is 5.69 Å². The number of hydrogen-bond donors (Lipinski definition) is 4. The summed E-state index contributed by atoms with van der Waals surface area (Å²) >= 11 is 0. The van der Waals surface area contributed by atoms with Gasteiger partial charge in [0.2, 0.25) is 0 Å². The second-order valence-corrected chi connectivity index (χ2v) is 7.97. The van der Waals surface area contributed by atoms with E-state index >= 15 is 0 Å². The van der Waals surface area contributed by atoms with E-state index in [1.807, 2.05) is 12.4 Å². The standard InChI is InChI=1S/C18H24N4O.3ClH/c19-8-13-9-21-17-14(1-2-20-17)16(13)22-15-11-3-10-4-12(15)7-18(23,5-10)6-11;;;/h1-2,9-12,15,23H,3-8,19H2,(H2,20,21,22);3*1H/t10?,11?,12?,15-,18-;;;. The first-order valence-corrected chi connectivity index (χ1v) is 8.79. The van der Waals surface area contributed by atoms with E-state index in [-0.39, 0.29) is 42.8 Å². The zero-order chi connectivity index (χ0) is 15.6. The van der Waals surface area contributed by atoms with Crippen LogP contribution in [0.25, 0.3) is 11.0 Å². The van der Waals surface area contributed by atoms with Gasteiger partial charge in [-0.05, 0) is 55.9 Å². The Morgan fingerprint density at radius 2 is 1.88 bits per heavy atom. The number of fused-ring (bicyclic) bond motifs is 1. The van der Waals surface area contributed by atoms with Crippen molar-refractivity contribution in [3.05, 3.63) is 24.0 Å². The lowest BCUT2D eigenvalue weighted by atomic mass is 9.52. The number of rotatable bonds is 3. The molecule has 4 fully saturated rings. The number of halogens is 3. The molecule has 2 aromatic heterocycles. The van der Waals surface area contributed by atoms with Crippen molar-refractivity contribution in [1.82, 2.24) is 9.97 Å². The van der Waals surface area contributed by atoms with Gasteiger partial charge in [0, 0.05) is 35.9 Å². The van der Waals surface area contributed by atoms with E-state index in [1.54, 1.807) is 0 Å². The van der Waals surface area contributed by atoms with Crippen LogP contribution >= 0.6 is 37.2 Å². The molecule has 4 aliphatic carbocycles. The minimum Gasteiger partial charge on any atom is -0.390 e. The summed E-state index contributed by atoms with van der Waals surface area (Å²) in [5, 5.41) is 15.7. The highest BCUT2D eigenvalue weighted by molar-refractivity contribution is 5.91. The molecule has 2 atom stereocenters. The van der Waals surface area contributed by atoms with Crippen molar-refractivity contribution in [3.63, 3.8) is 0 Å². The van der Waals surface area contributed by atoms with E-state index in [2.05, 4.69) is 21.4 Å². The lowest BCUT2D eigenvalue weighted by molar-refractivity contribution is -0.129. The SMILES string of the molecule is Cl.Cl.Cl.NCc1cnc2[nH]ccc2c1N[C@H]1C2CC3CC1C[C@](O)(C3)C2. The topological polar surface area (TPSA) is 87.0 Å². The van der Waals surface area contributed by atoms with Gasteiger partial charge in [-0.25, -0.2) is 4.98 Å². The van der Waals surface area contributed by atoms with Crippen LogP contribution in [-0.4, -0.2) is 26.7 Å². The fraction of sp³-hybridized carbons (Fsp3) is 0.611. The highest BCUT2D eigenvalue weighted by Crippen LogP contribution is 2.56. The van der Waals surface area contributed by atoms with E-state index in [1.165, 1.54) is 12.8 Å². The van der Waals surface area contributed by atoms with Crippen LogP contribution in [0.15, 0.2) is 18.5 Å². The van der Waals surface area contributed by atoms with Crippen LogP contribution in [0.5, 0.6) is 0 Å². The van der Waals surface area contributed by atoms with Gasteiger partial charge < -0.3 is 21.1 Å². The molecule has 5 N–H and O–H groups in total. The molecule has 0 spiro atoms. The zero-order valence-corrected chi connectivity index (χ0v) is 16.9. The summed E-state index contributed by atoms with van der Waals surface area (Å²) in [5.74, 6) is 1.90. The van der Waals surface area contributed by atoms with Crippen molar-refractivity contribution in [1.29, 1.82) is 0 Å². The molecular formula is C18H27Cl3N4O. The summed E-state index contributed by atoms with van der Waals surface area (Å²) in [6.07, 6.45) is 9.27. The first-order chi connectivity index (χ1) is 11.1. The summed E-state index contributed by atoms with van der Waals surface area (Å²) in [4.78, 5) is 7.64. The number of pyridine rings is 1. The van der Waals surface area contributed by atoms with Crippen molar-refractivity contribution in [2.75, 3.05) is 5.32 Å². The van der Waals surface area contributed by atoms with Gasteiger partial charge in [-0.2, -0.15) is 0 Å². The molecule has 2 aromatic rings. The Balaban J connectivity index is 0.000000810. The maximum atomic E-state index is 10.8. The van der Waals surface area contributed by atoms with Gasteiger partial charge in [-0.1, -0.05) is 0 Å². The van der Waals surface area contributed by atoms with Gasteiger partial charge in [0.05, 0.1) is 11.3 Å². The van der Waals surface area contributed by atoms with Crippen LogP contribution in [0.1, 0.15) is 37.7 Å². The van der Waals surface area contributed by atoms with Crippen molar-refractivity contribution in [2.45, 2.75) is 50.3 Å². The third-order valence-electron chi connectivity index (χ3n) is 6.44. The minimum atomic E-state index is -0.382. The fourth-order valence-electron chi connectivity index (χ4n) is 5.76. The highest BCUT2D eigenvalue weighted by atomic mass is 35.5. The summed E-state index contributed by atoms with van der Waals surface area (Å²) in [6, 6.07) is 2.53. The number of anilines is 1. The molecular weight excluding hydrogens is 395 g/mol. The largest absolute Gasteiger partial charge is 0.390 e. The van der Waals surface area contributed by atoms with E-state index in [4.69, 9.17) is 5.73 Å². The Hall–Kier alpha value is -0.720. The number of H-pyrrole nitrogens is 1. The Morgan fingerprint density at radius 1 is 1.19 bits per heavy atom. The molecule has 4 bridgehead atoms. The molecule has 8 heteroatoms. The van der Waals surface area contributed by atoms with Crippen LogP contribution in [0.3, 0.4) is 0 Å². The maximum Gasteiger partial charge on any atom is 0.139 e. The molecule has 0 aromatic carbocycles. The van der Waals surface area contributed by atoms with Crippen LogP contribution in [-0.2, 0) is 6.54 Å². The first kappa shape index (κ1) is 21.6. The molecule has 4 saturated carbocycles. The highest BCUT2D eigenvalue weighted by Gasteiger charge is 2.54. The number of aliphatic hydroxyl groups is 1. The summed E-state index contributed by atoms with van der Waals surface area (Å²) in [7, 11) is 0. The minimum absolute atomic E-state index is 0. The van der Waals surface area contributed by atoms with E-state index in [0.717, 1.165) is 47.5 Å². The number of nitrogens with one attached hydrogen (secondary N) is 2. The molecule has 0 amide bonds. The van der Waals surface area contributed by atoms with E-state index in [0.29, 0.717) is 24.4 Å². The molecule has 2 unspecified atom stereocenters. The number of nitrogens with two attached hydrogens (primary N) is 1. The number of aromatic nitrogens is 2. The molecule has 5 nitrogen and oxygen atoms in total. The summed E-state index contributed by atoms with van der Waals surface area (Å²) < 4.78 is 0. The smallest absolute Gasteiger partial charge is 0.139 e. The van der Waals surface area contributed by atoms with E-state index in [9.17, 15) is 5.11 Å². The molecule has 2 heterocycles. The lowest BCUT2D eigenvalue weighted by Gasteiger charge is -2.58. The third-order valence-corrected chi connectivity index (χ3v) is 6.44. The van der Waals surface area contributed by atoms with Crippen LogP contribution in [0.2, 0.25) is 0 Å². The zero-order valence-electron chi connectivity index (χ0n) is 14.5. The normalized spacial score (nSPS) is 33.9. The van der Waals surface area contributed by atoms with Gasteiger partial charge in [-0.15, -0.1) is 37.2 Å². The molecule has 0 saturated heterocycles. The average Bonchev–Trinajstić information content (AvgIpc) is 2.98. The van der Waals surface area contributed by atoms with Gasteiger partial charge in [0.15, 0.2) is 0 Å². The monoisotopic (exact) mass is 420 g/mol. The fourth-order valence-corrected chi connectivity index (χ4v) is 5.76. The Bertz CT molecular complexity index is 752. The predicted molar refractivity (Wildman–Crippen MR) is 112 cm³/mol. The Morgan fingerprint density at radius 3 is 2.50 bits per heavy atom. The van der Waals surface area contributed by atoms with Crippen molar-refractivity contribution in [3.8, 4) is 0 Å². The summed E-state index contributed by atoms with van der Waals surface area (Å²) in [5.41, 5.74) is 8.69. The Labute approximate surface area is 172 Å². The van der Waals surface area contributed by atoms with Crippen LogP contribution < -0.4 is 11.1 Å². The molecule has 4 aliphatic rings. The van der Waals surface area contributed by atoms with Gasteiger partial charge in [0.25, 0.3) is 0 Å². The van der Waals surface area contributed by atoms with Gasteiger partial charge in [0.1, 0.15) is 5.65 Å². The maximum absolute atomic E-state index is 10.8. The van der Waals surface area contributed by atoms with E-state index < -0.39 is 0 Å². The average molecular weight is 422 g/mol. The molecule has 0 aliphatic heterocycles. The van der Waals surface area contributed by atoms with Gasteiger partial charge >= 0.3 is 0 Å². The quantitative estimate of drug-likeness (QED) is 0.609. The van der Waals surface area contributed by atoms with Crippen molar-refractivity contribution in [2.24, 2.45) is 23.5 Å². The lowest BCUT2D eigenvalue weighted by Crippen LogP contribution is -2.59. The first-order valence-electron chi connectivity index (χ1n) is 8.79. The number of nitrogens with zero attached hydrogens (tertiary/aromatic N) is 1. The number of hydrogen-bond acceptors (Lipinski definition) is 4. The van der Waals surface area contributed by atoms with Crippen molar-refractivity contribution >= 4 is 53.9 Å². The Kier molecular flexibility index (Phi) is 6.41.